The van der Waals surface area contributed by atoms with Crippen LogP contribution in [0.5, 0.6) is 0 Å². The van der Waals surface area contributed by atoms with Crippen LogP contribution >= 0.6 is 7.82 Å². The molecule has 0 saturated carbocycles. The minimum Gasteiger partial charge on any atom is -0.756 e. The number of likely N-dealkylation sites (N-methyl/N-ethyl adjacent to an activating group) is 1. The molecular weight excluding hydrogens is 1010 g/mol. The number of quaternary nitrogens is 1. The molecule has 0 amide bonds. The monoisotopic (exact) mass is 1140 g/mol. The maximum atomic E-state index is 12.8. The Bertz CT molecular complexity index is 1630. The molecule has 0 N–H and O–H groups in total. The Kier molecular flexibility index (Phi) is 58.6. The maximum absolute atomic E-state index is 12.8. The van der Waals surface area contributed by atoms with Gasteiger partial charge in [-0.1, -0.05) is 279 Å². The van der Waals surface area contributed by atoms with Gasteiger partial charge in [0.05, 0.1) is 27.7 Å². The summed E-state index contributed by atoms with van der Waals surface area (Å²) in [5, 5.41) is 0. The molecule has 2 atom stereocenters. The van der Waals surface area contributed by atoms with Gasteiger partial charge in [0.15, 0.2) is 6.10 Å². The summed E-state index contributed by atoms with van der Waals surface area (Å²) in [6.07, 6.45) is 82.4. The van der Waals surface area contributed by atoms with Crippen molar-refractivity contribution in [1.29, 1.82) is 0 Å². The highest BCUT2D eigenvalue weighted by Crippen LogP contribution is 2.38. The highest BCUT2D eigenvalue weighted by molar-refractivity contribution is 7.45. The predicted octanol–water partition coefficient (Wildman–Crippen LogP) is 20.7. The molecule has 464 valence electrons. The molecule has 9 nitrogen and oxygen atoms in total. The number of hydrogen-bond donors (Lipinski definition) is 0. The van der Waals surface area contributed by atoms with Crippen LogP contribution in [-0.2, 0) is 32.7 Å². The van der Waals surface area contributed by atoms with Gasteiger partial charge in [-0.2, -0.15) is 0 Å². The van der Waals surface area contributed by atoms with E-state index in [2.05, 4.69) is 98.9 Å². The lowest BCUT2D eigenvalue weighted by atomic mass is 10.0. The van der Waals surface area contributed by atoms with Gasteiger partial charge in [0.2, 0.25) is 0 Å². The summed E-state index contributed by atoms with van der Waals surface area (Å²) in [6.45, 7) is 4.12. The minimum absolute atomic E-state index is 0.0374. The standard InChI is InChI=1S/C70H126NO8P/c1-6-8-10-12-14-16-18-20-22-24-26-28-29-30-31-32-33-34-35-36-37-38-39-40-41-43-44-46-48-50-52-54-56-58-60-62-69(72)76-66-68(67-78-80(74,75)77-65-64-71(3,4)5)79-70(73)63-61-59-57-55-53-51-49-47-45-42-27-25-23-21-19-17-15-13-11-9-7-2/h9,11,15,17-18,20-21,23-24,26-27,42,47,49,68H,6-8,10,12-14,16,19,22,25,28-41,43-46,48,50-67H2,1-5H3/b11-9-,17-15-,20-18-,23-21-,26-24-,42-27-,49-47-. The Morgan fingerprint density at radius 2 is 0.713 bits per heavy atom. The van der Waals surface area contributed by atoms with Crippen molar-refractivity contribution < 1.29 is 42.1 Å². The number of esters is 2. The van der Waals surface area contributed by atoms with E-state index in [0.717, 1.165) is 89.9 Å². The minimum atomic E-state index is -4.65. The second-order valence-electron chi connectivity index (χ2n) is 23.5. The Morgan fingerprint density at radius 1 is 0.400 bits per heavy atom. The van der Waals surface area contributed by atoms with Crippen molar-refractivity contribution in [1.82, 2.24) is 0 Å². The Balaban J connectivity index is 4.02. The summed E-state index contributed by atoms with van der Waals surface area (Å²) in [7, 11) is 1.15. The van der Waals surface area contributed by atoms with E-state index in [4.69, 9.17) is 18.5 Å². The number of unbranched alkanes of at least 4 members (excludes halogenated alkanes) is 33. The van der Waals surface area contributed by atoms with Crippen molar-refractivity contribution >= 4 is 19.8 Å². The van der Waals surface area contributed by atoms with E-state index in [1.807, 2.05) is 21.1 Å². The quantitative estimate of drug-likeness (QED) is 0.0195. The molecule has 0 spiro atoms. The van der Waals surface area contributed by atoms with Crippen LogP contribution in [0.15, 0.2) is 85.1 Å². The number of carbonyl (C=O) groups is 2. The second kappa shape index (κ2) is 60.8. The first kappa shape index (κ1) is 77.2. The van der Waals surface area contributed by atoms with Gasteiger partial charge in [-0.25, -0.2) is 0 Å². The van der Waals surface area contributed by atoms with E-state index in [-0.39, 0.29) is 32.0 Å². The SMILES string of the molecule is CC/C=C\C/C=C\C/C=C\C/C=C\C/C=C\CCCCCCCC(=O)OC(COC(=O)CCCCCCCCCCCCCCCCCCCCCCCCC/C=C\C/C=C\CCCCCCC)COP(=O)([O-])OCC[N+](C)(C)C. The first-order valence-corrected chi connectivity index (χ1v) is 34.8. The predicted molar refractivity (Wildman–Crippen MR) is 342 cm³/mol. The van der Waals surface area contributed by atoms with E-state index in [1.54, 1.807) is 0 Å². The number of hydrogen-bond acceptors (Lipinski definition) is 8. The summed E-state index contributed by atoms with van der Waals surface area (Å²) < 4.78 is 34.2. The number of nitrogens with zero attached hydrogens (tertiary/aromatic N) is 1. The molecule has 2 unspecified atom stereocenters. The van der Waals surface area contributed by atoms with Gasteiger partial charge in [0.1, 0.15) is 19.8 Å². The zero-order valence-corrected chi connectivity index (χ0v) is 53.7. The lowest BCUT2D eigenvalue weighted by Crippen LogP contribution is -2.37. The van der Waals surface area contributed by atoms with Crippen molar-refractivity contribution in [2.45, 2.75) is 302 Å². The Hall–Kier alpha value is -2.81. The first-order chi connectivity index (χ1) is 39.0. The summed E-state index contributed by atoms with van der Waals surface area (Å²) in [5.41, 5.74) is 0. The van der Waals surface area contributed by atoms with Crippen molar-refractivity contribution in [2.75, 3.05) is 47.5 Å². The van der Waals surface area contributed by atoms with E-state index in [0.29, 0.717) is 17.4 Å². The van der Waals surface area contributed by atoms with Crippen LogP contribution < -0.4 is 4.89 Å². The summed E-state index contributed by atoms with van der Waals surface area (Å²) >= 11 is 0. The molecule has 0 heterocycles. The lowest BCUT2D eigenvalue weighted by molar-refractivity contribution is -0.870. The fraction of sp³-hybridized carbons (Fsp3) is 0.771. The van der Waals surface area contributed by atoms with Crippen molar-refractivity contribution in [3.63, 3.8) is 0 Å². The molecule has 0 fully saturated rings. The summed E-state index contributed by atoms with van der Waals surface area (Å²) in [6, 6.07) is 0. The van der Waals surface area contributed by atoms with Gasteiger partial charge < -0.3 is 27.9 Å². The molecule has 0 aliphatic heterocycles. The molecule has 0 aromatic rings. The molecule has 0 radical (unpaired) electrons. The van der Waals surface area contributed by atoms with Gasteiger partial charge in [0, 0.05) is 12.8 Å². The topological polar surface area (TPSA) is 111 Å². The van der Waals surface area contributed by atoms with Crippen LogP contribution in [0.25, 0.3) is 0 Å². The third-order valence-corrected chi connectivity index (χ3v) is 15.4. The van der Waals surface area contributed by atoms with Crippen LogP contribution in [-0.4, -0.2) is 70.0 Å². The van der Waals surface area contributed by atoms with Gasteiger partial charge in [-0.3, -0.25) is 14.2 Å². The average Bonchev–Trinajstić information content (AvgIpc) is 3.42. The van der Waals surface area contributed by atoms with Crippen molar-refractivity contribution in [2.24, 2.45) is 0 Å². The van der Waals surface area contributed by atoms with Crippen LogP contribution in [0.4, 0.5) is 0 Å². The number of phosphoric ester groups is 1. The van der Waals surface area contributed by atoms with Crippen molar-refractivity contribution in [3.8, 4) is 0 Å². The van der Waals surface area contributed by atoms with E-state index in [1.165, 1.54) is 173 Å². The number of ether oxygens (including phenoxy) is 2. The third-order valence-electron chi connectivity index (χ3n) is 14.4. The number of carbonyl (C=O) groups excluding carboxylic acids is 2. The van der Waals surface area contributed by atoms with Crippen LogP contribution in [0.2, 0.25) is 0 Å². The highest BCUT2D eigenvalue weighted by Gasteiger charge is 2.22. The molecule has 0 aliphatic rings. The number of phosphoric acid groups is 1. The van der Waals surface area contributed by atoms with E-state index >= 15 is 0 Å². The molecule has 80 heavy (non-hydrogen) atoms. The molecule has 0 bridgehead atoms. The fourth-order valence-electron chi connectivity index (χ4n) is 9.30. The molecule has 10 heteroatoms. The lowest BCUT2D eigenvalue weighted by Gasteiger charge is -2.28. The smallest absolute Gasteiger partial charge is 0.306 e. The van der Waals surface area contributed by atoms with E-state index in [9.17, 15) is 19.0 Å². The molecular formula is C70H126NO8P. The highest BCUT2D eigenvalue weighted by atomic mass is 31.2. The first-order valence-electron chi connectivity index (χ1n) is 33.3. The number of allylic oxidation sites excluding steroid dienone is 14. The summed E-state index contributed by atoms with van der Waals surface area (Å²) in [4.78, 5) is 38.0. The van der Waals surface area contributed by atoms with Crippen LogP contribution in [0.1, 0.15) is 296 Å². The van der Waals surface area contributed by atoms with Crippen LogP contribution in [0, 0.1) is 0 Å². The molecule has 0 aliphatic carbocycles. The zero-order chi connectivity index (χ0) is 58.4. The maximum Gasteiger partial charge on any atom is 0.306 e. The van der Waals surface area contributed by atoms with Gasteiger partial charge >= 0.3 is 11.9 Å². The normalized spacial score (nSPS) is 13.7. The van der Waals surface area contributed by atoms with Crippen molar-refractivity contribution in [3.05, 3.63) is 85.1 Å². The van der Waals surface area contributed by atoms with Gasteiger partial charge in [-0.15, -0.1) is 0 Å². The molecule has 0 aromatic heterocycles. The Labute approximate surface area is 494 Å². The zero-order valence-electron chi connectivity index (χ0n) is 52.8. The second-order valence-corrected chi connectivity index (χ2v) is 24.9. The van der Waals surface area contributed by atoms with Crippen LogP contribution in [0.3, 0.4) is 0 Å². The van der Waals surface area contributed by atoms with Gasteiger partial charge in [0.25, 0.3) is 7.82 Å². The molecule has 0 aromatic carbocycles. The molecule has 0 rings (SSSR count). The van der Waals surface area contributed by atoms with Gasteiger partial charge in [-0.05, 0) is 89.9 Å². The number of rotatable bonds is 61. The summed E-state index contributed by atoms with van der Waals surface area (Å²) in [5.74, 6) is -0.849. The fourth-order valence-corrected chi connectivity index (χ4v) is 10.0. The molecule has 0 saturated heterocycles. The Morgan fingerprint density at radius 3 is 1.06 bits per heavy atom. The van der Waals surface area contributed by atoms with E-state index < -0.39 is 26.5 Å². The largest absolute Gasteiger partial charge is 0.756 e. The third kappa shape index (κ3) is 64.4. The average molecular weight is 1140 g/mol.